The quantitative estimate of drug-likeness (QED) is 0.794. The van der Waals surface area contributed by atoms with E-state index in [2.05, 4.69) is 4.98 Å². The third-order valence-electron chi connectivity index (χ3n) is 3.04. The molecule has 19 heavy (non-hydrogen) atoms. The van der Waals surface area contributed by atoms with Gasteiger partial charge in [0.25, 0.3) is 0 Å². The zero-order valence-corrected chi connectivity index (χ0v) is 11.2. The summed E-state index contributed by atoms with van der Waals surface area (Å²) in [5.74, 6) is 0.779. The lowest BCUT2D eigenvalue weighted by atomic mass is 10.1. The van der Waals surface area contributed by atoms with Gasteiger partial charge in [-0.05, 0) is 29.8 Å². The van der Waals surface area contributed by atoms with Crippen LogP contribution in [0.25, 0.3) is 10.9 Å². The number of pyridine rings is 1. The van der Waals surface area contributed by atoms with Crippen LogP contribution >= 0.6 is 11.3 Å². The van der Waals surface area contributed by atoms with Gasteiger partial charge < -0.3 is 9.84 Å². The Morgan fingerprint density at radius 3 is 2.95 bits per heavy atom. The maximum atomic E-state index is 10.4. The summed E-state index contributed by atoms with van der Waals surface area (Å²) in [5.41, 5.74) is 1.80. The predicted molar refractivity (Wildman–Crippen MR) is 76.7 cm³/mol. The lowest BCUT2D eigenvalue weighted by Gasteiger charge is -2.09. The first-order valence-corrected chi connectivity index (χ1v) is 6.81. The normalized spacial score (nSPS) is 12.5. The van der Waals surface area contributed by atoms with Crippen LogP contribution in [0.1, 0.15) is 16.5 Å². The second kappa shape index (κ2) is 4.99. The summed E-state index contributed by atoms with van der Waals surface area (Å²) in [7, 11) is 1.62. The number of aromatic nitrogens is 1. The highest BCUT2D eigenvalue weighted by molar-refractivity contribution is 7.10. The fourth-order valence-corrected chi connectivity index (χ4v) is 2.88. The lowest BCUT2D eigenvalue weighted by Crippen LogP contribution is -1.97. The van der Waals surface area contributed by atoms with E-state index in [-0.39, 0.29) is 0 Å². The molecule has 0 amide bonds. The van der Waals surface area contributed by atoms with Crippen molar-refractivity contribution in [3.63, 3.8) is 0 Å². The summed E-state index contributed by atoms with van der Waals surface area (Å²) in [6, 6.07) is 11.6. The standard InChI is InChI=1S/C15H13NO2S/c1-18-12-8-14(19-9-12)15(17)11-4-5-13-10(7-11)3-2-6-16-13/h2-9,15,17H,1H3. The molecule has 0 spiro atoms. The molecule has 96 valence electrons. The second-order valence-corrected chi connectivity index (χ2v) is 5.19. The van der Waals surface area contributed by atoms with E-state index in [1.165, 1.54) is 11.3 Å². The van der Waals surface area contributed by atoms with Crippen molar-refractivity contribution in [1.29, 1.82) is 0 Å². The van der Waals surface area contributed by atoms with Gasteiger partial charge in [-0.3, -0.25) is 4.98 Å². The van der Waals surface area contributed by atoms with E-state index >= 15 is 0 Å². The van der Waals surface area contributed by atoms with Gasteiger partial charge in [-0.1, -0.05) is 12.1 Å². The number of aliphatic hydroxyl groups is 1. The monoisotopic (exact) mass is 271 g/mol. The number of aliphatic hydroxyl groups excluding tert-OH is 1. The van der Waals surface area contributed by atoms with Crippen molar-refractivity contribution in [3.05, 3.63) is 58.4 Å². The van der Waals surface area contributed by atoms with Crippen LogP contribution in [0, 0.1) is 0 Å². The van der Waals surface area contributed by atoms with E-state index in [0.717, 1.165) is 27.1 Å². The van der Waals surface area contributed by atoms with E-state index in [9.17, 15) is 5.11 Å². The fraction of sp³-hybridized carbons (Fsp3) is 0.133. The van der Waals surface area contributed by atoms with Crippen LogP contribution < -0.4 is 4.74 Å². The minimum atomic E-state index is -0.626. The highest BCUT2D eigenvalue weighted by atomic mass is 32.1. The molecule has 0 aliphatic carbocycles. The van der Waals surface area contributed by atoms with Gasteiger partial charge in [0.2, 0.25) is 0 Å². The Bertz CT molecular complexity index is 708. The molecule has 2 heterocycles. The first-order chi connectivity index (χ1) is 9.28. The van der Waals surface area contributed by atoms with Crippen molar-refractivity contribution in [1.82, 2.24) is 4.98 Å². The van der Waals surface area contributed by atoms with Crippen molar-refractivity contribution in [2.45, 2.75) is 6.10 Å². The van der Waals surface area contributed by atoms with Crippen molar-refractivity contribution in [2.24, 2.45) is 0 Å². The van der Waals surface area contributed by atoms with Crippen LogP contribution in [0.3, 0.4) is 0 Å². The van der Waals surface area contributed by atoms with Crippen LogP contribution in [0.2, 0.25) is 0 Å². The van der Waals surface area contributed by atoms with Crippen LogP contribution in [0.5, 0.6) is 5.75 Å². The van der Waals surface area contributed by atoms with Gasteiger partial charge in [0, 0.05) is 21.8 Å². The maximum absolute atomic E-state index is 10.4. The van der Waals surface area contributed by atoms with Gasteiger partial charge in [0.15, 0.2) is 0 Å². The SMILES string of the molecule is COc1csc(C(O)c2ccc3ncccc3c2)c1. The van der Waals surface area contributed by atoms with Gasteiger partial charge in [-0.2, -0.15) is 0 Å². The molecule has 0 aliphatic rings. The summed E-state index contributed by atoms with van der Waals surface area (Å²) in [4.78, 5) is 5.15. The number of hydrogen-bond donors (Lipinski definition) is 1. The zero-order valence-electron chi connectivity index (χ0n) is 10.4. The number of thiophene rings is 1. The minimum absolute atomic E-state index is 0.626. The smallest absolute Gasteiger partial charge is 0.129 e. The van der Waals surface area contributed by atoms with Crippen molar-refractivity contribution >= 4 is 22.2 Å². The highest BCUT2D eigenvalue weighted by Gasteiger charge is 2.13. The molecule has 0 bridgehead atoms. The Morgan fingerprint density at radius 2 is 2.16 bits per heavy atom. The van der Waals surface area contributed by atoms with E-state index in [0.29, 0.717) is 0 Å². The Kier molecular flexibility index (Phi) is 3.19. The van der Waals surface area contributed by atoms with E-state index in [1.807, 2.05) is 41.8 Å². The zero-order chi connectivity index (χ0) is 13.2. The molecule has 1 atom stereocenters. The molecule has 3 rings (SSSR count). The molecule has 3 aromatic rings. The number of hydrogen-bond acceptors (Lipinski definition) is 4. The summed E-state index contributed by atoms with van der Waals surface area (Å²) in [6.45, 7) is 0. The average molecular weight is 271 g/mol. The number of benzene rings is 1. The number of fused-ring (bicyclic) bond motifs is 1. The first kappa shape index (κ1) is 12.1. The maximum Gasteiger partial charge on any atom is 0.129 e. The predicted octanol–water partition coefficient (Wildman–Crippen LogP) is 3.39. The Morgan fingerprint density at radius 1 is 1.26 bits per heavy atom. The summed E-state index contributed by atoms with van der Waals surface area (Å²) >= 11 is 1.49. The molecule has 0 radical (unpaired) electrons. The topological polar surface area (TPSA) is 42.4 Å². The molecule has 4 heteroatoms. The molecule has 0 aliphatic heterocycles. The minimum Gasteiger partial charge on any atom is -0.496 e. The number of methoxy groups -OCH3 is 1. The van der Waals surface area contributed by atoms with E-state index < -0.39 is 6.10 Å². The van der Waals surface area contributed by atoms with Crippen LogP contribution in [0.4, 0.5) is 0 Å². The molecular formula is C15H13NO2S. The van der Waals surface area contributed by atoms with Gasteiger partial charge >= 0.3 is 0 Å². The molecule has 0 saturated carbocycles. The fourth-order valence-electron chi connectivity index (χ4n) is 2.01. The molecule has 3 nitrogen and oxygen atoms in total. The largest absolute Gasteiger partial charge is 0.496 e. The molecular weight excluding hydrogens is 258 g/mol. The van der Waals surface area contributed by atoms with Crippen LogP contribution in [-0.4, -0.2) is 17.2 Å². The van der Waals surface area contributed by atoms with Crippen molar-refractivity contribution in [2.75, 3.05) is 7.11 Å². The Hall–Kier alpha value is -1.91. The molecule has 2 aromatic heterocycles. The van der Waals surface area contributed by atoms with Crippen LogP contribution in [0.15, 0.2) is 48.0 Å². The van der Waals surface area contributed by atoms with Gasteiger partial charge in [-0.15, -0.1) is 11.3 Å². The molecule has 1 aromatic carbocycles. The number of rotatable bonds is 3. The van der Waals surface area contributed by atoms with E-state index in [1.54, 1.807) is 13.3 Å². The van der Waals surface area contributed by atoms with Crippen LogP contribution in [-0.2, 0) is 0 Å². The summed E-state index contributed by atoms with van der Waals surface area (Å²) in [6.07, 6.45) is 1.14. The number of ether oxygens (including phenoxy) is 1. The van der Waals surface area contributed by atoms with E-state index in [4.69, 9.17) is 4.74 Å². The van der Waals surface area contributed by atoms with Crippen molar-refractivity contribution in [3.8, 4) is 5.75 Å². The van der Waals surface area contributed by atoms with Gasteiger partial charge in [-0.25, -0.2) is 0 Å². The van der Waals surface area contributed by atoms with Crippen molar-refractivity contribution < 1.29 is 9.84 Å². The Labute approximate surface area is 115 Å². The highest BCUT2D eigenvalue weighted by Crippen LogP contribution is 2.31. The Balaban J connectivity index is 1.98. The lowest BCUT2D eigenvalue weighted by molar-refractivity contribution is 0.224. The number of nitrogens with zero attached hydrogens (tertiary/aromatic N) is 1. The summed E-state index contributed by atoms with van der Waals surface area (Å²) in [5, 5.41) is 13.3. The first-order valence-electron chi connectivity index (χ1n) is 5.93. The molecule has 0 fully saturated rings. The van der Waals surface area contributed by atoms with Gasteiger partial charge in [0.05, 0.1) is 12.6 Å². The molecule has 0 saturated heterocycles. The molecule has 1 unspecified atom stereocenters. The van der Waals surface area contributed by atoms with Gasteiger partial charge in [0.1, 0.15) is 11.9 Å². The summed E-state index contributed by atoms with van der Waals surface area (Å²) < 4.78 is 5.14. The third kappa shape index (κ3) is 2.32. The second-order valence-electron chi connectivity index (χ2n) is 4.25. The third-order valence-corrected chi connectivity index (χ3v) is 4.01. The average Bonchev–Trinajstić information content (AvgIpc) is 2.95. The molecule has 1 N–H and O–H groups in total.